The number of nitrogens with one attached hydrogen (secondary N) is 1. The van der Waals surface area contributed by atoms with Crippen LogP contribution in [0.3, 0.4) is 0 Å². The summed E-state index contributed by atoms with van der Waals surface area (Å²) in [4.78, 5) is 30.4. The van der Waals surface area contributed by atoms with Crippen molar-refractivity contribution in [2.24, 2.45) is 5.92 Å². The molecule has 0 unspecified atom stereocenters. The Labute approximate surface area is 184 Å². The molecule has 1 aromatic carbocycles. The molecule has 0 aliphatic carbocycles. The Balaban J connectivity index is 1.54. The van der Waals surface area contributed by atoms with E-state index in [0.29, 0.717) is 42.4 Å². The van der Waals surface area contributed by atoms with Crippen LogP contribution in [-0.2, 0) is 4.74 Å². The molecule has 32 heavy (non-hydrogen) atoms. The summed E-state index contributed by atoms with van der Waals surface area (Å²) >= 11 is 1.03. The summed E-state index contributed by atoms with van der Waals surface area (Å²) in [5, 5.41) is 2.77. The highest BCUT2D eigenvalue weighted by atomic mass is 32.1. The van der Waals surface area contributed by atoms with Crippen molar-refractivity contribution >= 4 is 28.2 Å². The van der Waals surface area contributed by atoms with Gasteiger partial charge in [-0.25, -0.2) is 4.98 Å². The van der Waals surface area contributed by atoms with Gasteiger partial charge in [0.2, 0.25) is 0 Å². The first-order valence-electron chi connectivity index (χ1n) is 9.64. The number of carbonyl (C=O) groups excluding carboxylic acids is 2. The van der Waals surface area contributed by atoms with E-state index in [-0.39, 0.29) is 22.4 Å². The number of ketones is 1. The van der Waals surface area contributed by atoms with Crippen LogP contribution in [-0.4, -0.2) is 36.3 Å². The van der Waals surface area contributed by atoms with Gasteiger partial charge in [-0.1, -0.05) is 11.3 Å². The molecule has 3 aromatic rings. The Bertz CT molecular complexity index is 1090. The largest absolute Gasteiger partial charge is 0.573 e. The van der Waals surface area contributed by atoms with Gasteiger partial charge in [0.25, 0.3) is 5.91 Å². The van der Waals surface area contributed by atoms with Crippen LogP contribution in [0.5, 0.6) is 5.75 Å². The molecule has 7 nitrogen and oxygen atoms in total. The highest BCUT2D eigenvalue weighted by molar-refractivity contribution is 7.18. The van der Waals surface area contributed by atoms with Crippen LogP contribution in [0.25, 0.3) is 11.5 Å². The first-order chi connectivity index (χ1) is 15.3. The first-order valence-corrected chi connectivity index (χ1v) is 10.5. The zero-order valence-electron chi connectivity index (χ0n) is 16.5. The number of amides is 1. The fourth-order valence-electron chi connectivity index (χ4n) is 3.24. The minimum Gasteiger partial charge on any atom is -0.463 e. The molecule has 168 valence electrons. The van der Waals surface area contributed by atoms with E-state index in [4.69, 9.17) is 9.15 Å². The second-order valence-electron chi connectivity index (χ2n) is 6.95. The van der Waals surface area contributed by atoms with E-state index in [1.807, 2.05) is 0 Å². The van der Waals surface area contributed by atoms with Gasteiger partial charge in [-0.3, -0.25) is 14.9 Å². The molecule has 0 bridgehead atoms. The van der Waals surface area contributed by atoms with Crippen molar-refractivity contribution in [3.05, 3.63) is 53.1 Å². The zero-order valence-corrected chi connectivity index (χ0v) is 17.3. The molecule has 4 rings (SSSR count). The number of hydrogen-bond acceptors (Lipinski definition) is 7. The standard InChI is InChI=1S/C21H17F3N2O5S/c22-21(23,24)31-14-5-3-13(4-6-14)19(28)26-20-25-16(15-2-1-9-30-15)18(32-20)17(27)12-7-10-29-11-8-12/h1-6,9,12H,7-8,10-11H2,(H,25,26,28). The number of nitrogens with zero attached hydrogens (tertiary/aromatic N) is 1. The van der Waals surface area contributed by atoms with Crippen LogP contribution >= 0.6 is 11.3 Å². The number of carbonyl (C=O) groups is 2. The average Bonchev–Trinajstić information content (AvgIpc) is 3.43. The van der Waals surface area contributed by atoms with Gasteiger partial charge in [0.15, 0.2) is 16.7 Å². The van der Waals surface area contributed by atoms with Gasteiger partial charge in [-0.15, -0.1) is 13.2 Å². The molecular formula is C21H17F3N2O5S. The summed E-state index contributed by atoms with van der Waals surface area (Å²) in [6.45, 7) is 1.01. The number of hydrogen-bond donors (Lipinski definition) is 1. The molecule has 11 heteroatoms. The normalized spacial score (nSPS) is 14.8. The Morgan fingerprint density at radius 2 is 1.84 bits per heavy atom. The van der Waals surface area contributed by atoms with Crippen LogP contribution in [0.15, 0.2) is 47.1 Å². The van der Waals surface area contributed by atoms with E-state index >= 15 is 0 Å². The number of furan rings is 1. The summed E-state index contributed by atoms with van der Waals surface area (Å²) in [6.07, 6.45) is -2.16. The van der Waals surface area contributed by atoms with E-state index in [9.17, 15) is 22.8 Å². The predicted octanol–water partition coefficient (Wildman–Crippen LogP) is 5.16. The number of halogens is 3. The highest BCUT2D eigenvalue weighted by Gasteiger charge is 2.31. The van der Waals surface area contributed by atoms with Gasteiger partial charge in [0, 0.05) is 24.7 Å². The summed E-state index contributed by atoms with van der Waals surface area (Å²) in [5.41, 5.74) is 0.437. The zero-order chi connectivity index (χ0) is 22.7. The van der Waals surface area contributed by atoms with Crippen molar-refractivity contribution in [1.82, 2.24) is 4.98 Å². The van der Waals surface area contributed by atoms with Gasteiger partial charge in [0.1, 0.15) is 16.3 Å². The third kappa shape index (κ3) is 5.17. The first kappa shape index (κ1) is 22.0. The van der Waals surface area contributed by atoms with E-state index in [1.54, 1.807) is 12.1 Å². The smallest absolute Gasteiger partial charge is 0.463 e. The van der Waals surface area contributed by atoms with Gasteiger partial charge < -0.3 is 13.9 Å². The molecule has 1 N–H and O–H groups in total. The average molecular weight is 466 g/mol. The van der Waals surface area contributed by atoms with Crippen molar-refractivity contribution < 1.29 is 36.7 Å². The van der Waals surface area contributed by atoms with Crippen molar-refractivity contribution in [3.8, 4) is 17.2 Å². The topological polar surface area (TPSA) is 90.7 Å². The van der Waals surface area contributed by atoms with Crippen molar-refractivity contribution in [1.29, 1.82) is 0 Å². The van der Waals surface area contributed by atoms with Crippen molar-refractivity contribution in [3.63, 3.8) is 0 Å². The lowest BCUT2D eigenvalue weighted by molar-refractivity contribution is -0.274. The summed E-state index contributed by atoms with van der Waals surface area (Å²) in [5.74, 6) is -0.930. The van der Waals surface area contributed by atoms with Gasteiger partial charge in [-0.2, -0.15) is 0 Å². The Kier molecular flexibility index (Phi) is 6.28. The quantitative estimate of drug-likeness (QED) is 0.505. The monoisotopic (exact) mass is 466 g/mol. The maximum atomic E-state index is 13.1. The highest BCUT2D eigenvalue weighted by Crippen LogP contribution is 2.35. The molecule has 0 radical (unpaired) electrons. The third-order valence-corrected chi connectivity index (χ3v) is 5.75. The molecular weight excluding hydrogens is 449 g/mol. The van der Waals surface area contributed by atoms with Crippen LogP contribution in [0, 0.1) is 5.92 Å². The third-order valence-electron chi connectivity index (χ3n) is 4.77. The van der Waals surface area contributed by atoms with E-state index in [2.05, 4.69) is 15.0 Å². The second-order valence-corrected chi connectivity index (χ2v) is 7.95. The fraction of sp³-hybridized carbons (Fsp3) is 0.286. The number of anilines is 1. The number of benzene rings is 1. The molecule has 3 heterocycles. The molecule has 0 spiro atoms. The second kappa shape index (κ2) is 9.13. The molecule has 1 aliphatic heterocycles. The molecule has 2 aromatic heterocycles. The number of thiazole rings is 1. The Morgan fingerprint density at radius 3 is 2.47 bits per heavy atom. The van der Waals surface area contributed by atoms with Gasteiger partial charge in [-0.05, 0) is 49.2 Å². The Morgan fingerprint density at radius 1 is 1.12 bits per heavy atom. The number of aromatic nitrogens is 1. The fourth-order valence-corrected chi connectivity index (χ4v) is 4.23. The Hall–Kier alpha value is -3.18. The minimum absolute atomic E-state index is 0.0913. The number of alkyl halides is 3. The molecule has 0 saturated carbocycles. The van der Waals surface area contributed by atoms with E-state index in [1.165, 1.54) is 18.4 Å². The maximum Gasteiger partial charge on any atom is 0.573 e. The summed E-state index contributed by atoms with van der Waals surface area (Å²) in [7, 11) is 0. The van der Waals surface area contributed by atoms with Crippen molar-refractivity contribution in [2.75, 3.05) is 18.5 Å². The lowest BCUT2D eigenvalue weighted by atomic mass is 9.94. The lowest BCUT2D eigenvalue weighted by Gasteiger charge is -2.20. The molecule has 0 atom stereocenters. The maximum absolute atomic E-state index is 13.1. The molecule has 1 fully saturated rings. The lowest BCUT2D eigenvalue weighted by Crippen LogP contribution is -2.23. The predicted molar refractivity (Wildman–Crippen MR) is 109 cm³/mol. The molecule has 1 saturated heterocycles. The van der Waals surface area contributed by atoms with Crippen LogP contribution in [0.4, 0.5) is 18.3 Å². The molecule has 1 amide bonds. The van der Waals surface area contributed by atoms with Gasteiger partial charge in [0.05, 0.1) is 6.26 Å². The van der Waals surface area contributed by atoms with Crippen LogP contribution < -0.4 is 10.1 Å². The van der Waals surface area contributed by atoms with E-state index in [0.717, 1.165) is 23.5 Å². The summed E-state index contributed by atoms with van der Waals surface area (Å²) < 4.78 is 51.4. The SMILES string of the molecule is O=C(Nc1nc(-c2ccco2)c(C(=O)C2CCOCC2)s1)c1ccc(OC(F)(F)F)cc1. The van der Waals surface area contributed by atoms with Crippen LogP contribution in [0.2, 0.25) is 0 Å². The van der Waals surface area contributed by atoms with Crippen molar-refractivity contribution in [2.45, 2.75) is 19.2 Å². The van der Waals surface area contributed by atoms with E-state index < -0.39 is 18.0 Å². The van der Waals surface area contributed by atoms with Crippen LogP contribution in [0.1, 0.15) is 32.9 Å². The summed E-state index contributed by atoms with van der Waals surface area (Å²) in [6, 6.07) is 7.81. The van der Waals surface area contributed by atoms with Gasteiger partial charge >= 0.3 is 6.36 Å². The number of ether oxygens (including phenoxy) is 2. The molecule has 1 aliphatic rings. The number of Topliss-reactive ketones (excluding diaryl/α,β-unsaturated/α-hetero) is 1. The number of rotatable bonds is 6. The minimum atomic E-state index is -4.82.